The van der Waals surface area contributed by atoms with E-state index in [-0.39, 0.29) is 16.3 Å². The van der Waals surface area contributed by atoms with Gasteiger partial charge in [-0.1, -0.05) is 32.0 Å². The molecule has 0 spiro atoms. The first-order valence-corrected chi connectivity index (χ1v) is 15.2. The second-order valence-corrected chi connectivity index (χ2v) is 12.8. The largest absolute Gasteiger partial charge is 0.480 e. The molecule has 12 nitrogen and oxygen atoms in total. The molecule has 0 aliphatic carbocycles. The number of benzene rings is 2. The summed E-state index contributed by atoms with van der Waals surface area (Å²) in [5, 5.41) is 12.4. The topological polar surface area (TPSA) is 185 Å². The molecule has 2 aromatic carbocycles. The van der Waals surface area contributed by atoms with Gasteiger partial charge in [0.05, 0.1) is 34.4 Å². The molecule has 0 unspecified atom stereocenters. The monoisotopic (exact) mass is 586 g/mol. The number of nitrogens with zero attached hydrogens (tertiary/aromatic N) is 1. The molecule has 0 fully saturated rings. The fourth-order valence-electron chi connectivity index (χ4n) is 3.80. The second kappa shape index (κ2) is 11.1. The minimum Gasteiger partial charge on any atom is -0.480 e. The van der Waals surface area contributed by atoms with E-state index in [0.717, 1.165) is 6.26 Å². The number of furan rings is 1. The van der Waals surface area contributed by atoms with Gasteiger partial charge in [0.25, 0.3) is 5.91 Å². The van der Waals surface area contributed by atoms with Crippen molar-refractivity contribution >= 4 is 54.3 Å². The van der Waals surface area contributed by atoms with E-state index >= 15 is 0 Å². The van der Waals surface area contributed by atoms with Gasteiger partial charge in [-0.05, 0) is 48.4 Å². The molecule has 210 valence electrons. The minimum atomic E-state index is -4.06. The SMILES string of the molecule is CC(C)[C@H](NS(=O)(=O)c1ccc(-c2ccc(NC(=O)c3cc4c(NS(C)(=O)=O)cccc4o3)cn2)cc1)C(=O)O. The molecular weight excluding hydrogens is 560 g/mol. The summed E-state index contributed by atoms with van der Waals surface area (Å²) in [5.74, 6) is -2.31. The van der Waals surface area contributed by atoms with Gasteiger partial charge in [0.15, 0.2) is 5.76 Å². The minimum absolute atomic E-state index is 0.0326. The molecule has 1 atom stereocenters. The number of anilines is 2. The number of pyridine rings is 1. The van der Waals surface area contributed by atoms with E-state index in [0.29, 0.717) is 27.9 Å². The van der Waals surface area contributed by atoms with Crippen LogP contribution in [0.4, 0.5) is 11.4 Å². The van der Waals surface area contributed by atoms with Gasteiger partial charge in [0.1, 0.15) is 11.6 Å². The first kappa shape index (κ1) is 28.7. The molecule has 2 heterocycles. The molecule has 14 heteroatoms. The number of carboxylic acid groups (broad SMARTS) is 1. The fraction of sp³-hybridized carbons (Fsp3) is 0.192. The Morgan fingerprint density at radius 1 is 0.975 bits per heavy atom. The first-order valence-electron chi connectivity index (χ1n) is 11.9. The van der Waals surface area contributed by atoms with Crippen molar-refractivity contribution in [3.05, 3.63) is 72.6 Å². The third-order valence-electron chi connectivity index (χ3n) is 5.78. The van der Waals surface area contributed by atoms with Gasteiger partial charge in [-0.2, -0.15) is 4.72 Å². The number of hydrogen-bond acceptors (Lipinski definition) is 8. The number of rotatable bonds is 10. The third kappa shape index (κ3) is 6.65. The maximum absolute atomic E-state index is 12.8. The van der Waals surface area contributed by atoms with Crippen molar-refractivity contribution in [3.63, 3.8) is 0 Å². The van der Waals surface area contributed by atoms with Gasteiger partial charge < -0.3 is 14.8 Å². The molecule has 4 aromatic rings. The smallest absolute Gasteiger partial charge is 0.322 e. The summed E-state index contributed by atoms with van der Waals surface area (Å²) in [6.45, 7) is 3.21. The average Bonchev–Trinajstić information content (AvgIpc) is 3.33. The third-order valence-corrected chi connectivity index (χ3v) is 7.82. The highest BCUT2D eigenvalue weighted by atomic mass is 32.2. The van der Waals surface area contributed by atoms with Crippen molar-refractivity contribution in [2.24, 2.45) is 5.92 Å². The molecule has 1 amide bonds. The summed E-state index contributed by atoms with van der Waals surface area (Å²) in [6, 6.07) is 13.9. The Labute approximate surface area is 230 Å². The van der Waals surface area contributed by atoms with Crippen molar-refractivity contribution in [2.75, 3.05) is 16.3 Å². The maximum atomic E-state index is 12.8. The van der Waals surface area contributed by atoms with Crippen LogP contribution >= 0.6 is 0 Å². The Balaban J connectivity index is 1.47. The predicted octanol–water partition coefficient (Wildman–Crippen LogP) is 3.51. The lowest BCUT2D eigenvalue weighted by atomic mass is 10.1. The molecule has 0 saturated carbocycles. The van der Waals surface area contributed by atoms with Crippen LogP contribution < -0.4 is 14.8 Å². The van der Waals surface area contributed by atoms with Gasteiger partial charge in [0.2, 0.25) is 20.0 Å². The number of aromatic nitrogens is 1. The summed E-state index contributed by atoms with van der Waals surface area (Å²) >= 11 is 0. The zero-order valence-corrected chi connectivity index (χ0v) is 23.2. The molecule has 0 bridgehead atoms. The van der Waals surface area contributed by atoms with E-state index < -0.39 is 43.9 Å². The number of aliphatic carboxylic acids is 1. The number of carboxylic acids is 1. The molecule has 0 aliphatic rings. The van der Waals surface area contributed by atoms with Crippen molar-refractivity contribution in [3.8, 4) is 11.3 Å². The lowest BCUT2D eigenvalue weighted by Crippen LogP contribution is -2.44. The molecule has 2 aromatic heterocycles. The number of amides is 1. The van der Waals surface area contributed by atoms with Crippen LogP contribution in [0.15, 0.2) is 76.2 Å². The molecule has 0 aliphatic heterocycles. The summed E-state index contributed by atoms with van der Waals surface area (Å²) in [5.41, 5.74) is 2.07. The number of carbonyl (C=O) groups is 2. The quantitative estimate of drug-likeness (QED) is 0.216. The highest BCUT2D eigenvalue weighted by Crippen LogP contribution is 2.28. The van der Waals surface area contributed by atoms with Crippen LogP contribution in [-0.2, 0) is 24.8 Å². The lowest BCUT2D eigenvalue weighted by Gasteiger charge is -2.18. The molecule has 40 heavy (non-hydrogen) atoms. The zero-order chi connectivity index (χ0) is 29.2. The molecular formula is C26H26N4O8S2. The predicted molar refractivity (Wildman–Crippen MR) is 149 cm³/mol. The van der Waals surface area contributed by atoms with Gasteiger partial charge in [-0.15, -0.1) is 0 Å². The van der Waals surface area contributed by atoms with Crippen LogP contribution in [0.3, 0.4) is 0 Å². The van der Waals surface area contributed by atoms with Crippen LogP contribution in [0.5, 0.6) is 0 Å². The lowest BCUT2D eigenvalue weighted by molar-refractivity contribution is -0.140. The van der Waals surface area contributed by atoms with Gasteiger partial charge in [-0.3, -0.25) is 19.3 Å². The summed E-state index contributed by atoms with van der Waals surface area (Å²) in [4.78, 5) is 28.4. The Morgan fingerprint density at radius 2 is 1.68 bits per heavy atom. The van der Waals surface area contributed by atoms with E-state index in [1.54, 1.807) is 44.2 Å². The highest BCUT2D eigenvalue weighted by Gasteiger charge is 2.28. The number of sulfonamides is 2. The molecule has 4 N–H and O–H groups in total. The van der Waals surface area contributed by atoms with Crippen molar-refractivity contribution < 1.29 is 35.9 Å². The number of carbonyl (C=O) groups excluding carboxylic acids is 1. The Morgan fingerprint density at radius 3 is 2.25 bits per heavy atom. The Hall–Kier alpha value is -4.27. The van der Waals surface area contributed by atoms with Crippen LogP contribution in [-0.4, -0.2) is 51.1 Å². The van der Waals surface area contributed by atoms with Crippen LogP contribution in [0.2, 0.25) is 0 Å². The molecule has 4 rings (SSSR count). The maximum Gasteiger partial charge on any atom is 0.322 e. The Kier molecular flexibility index (Phi) is 7.95. The normalized spacial score (nSPS) is 12.8. The van der Waals surface area contributed by atoms with E-state index in [1.165, 1.54) is 36.5 Å². The average molecular weight is 587 g/mol. The van der Waals surface area contributed by atoms with Crippen molar-refractivity contribution in [1.29, 1.82) is 0 Å². The van der Waals surface area contributed by atoms with Crippen molar-refractivity contribution in [2.45, 2.75) is 24.8 Å². The second-order valence-electron chi connectivity index (χ2n) is 9.29. The fourth-order valence-corrected chi connectivity index (χ4v) is 5.72. The van der Waals surface area contributed by atoms with Gasteiger partial charge in [0, 0.05) is 10.9 Å². The number of nitrogens with one attached hydrogen (secondary N) is 3. The van der Waals surface area contributed by atoms with E-state index in [2.05, 4.69) is 19.7 Å². The Bertz CT molecular complexity index is 1780. The molecule has 0 saturated heterocycles. The summed E-state index contributed by atoms with van der Waals surface area (Å²) in [6.07, 6.45) is 2.44. The van der Waals surface area contributed by atoms with Crippen LogP contribution in [0.1, 0.15) is 24.4 Å². The van der Waals surface area contributed by atoms with Gasteiger partial charge in [-0.25, -0.2) is 16.8 Å². The highest BCUT2D eigenvalue weighted by molar-refractivity contribution is 7.92. The van der Waals surface area contributed by atoms with Crippen LogP contribution in [0.25, 0.3) is 22.2 Å². The van der Waals surface area contributed by atoms with E-state index in [1.807, 2.05) is 0 Å². The standard InChI is InChI=1S/C26H26N4O8S2/c1-15(2)24(26(32)33)30-40(36,37)18-10-7-16(8-11-18)20-12-9-17(14-27-20)28-25(31)23-13-19-21(29-39(3,34)35)5-4-6-22(19)38-23/h4-15,24,29-30H,1-3H3,(H,28,31)(H,32,33)/t24-/m0/s1. The zero-order valence-electron chi connectivity index (χ0n) is 21.6. The van der Waals surface area contributed by atoms with Crippen molar-refractivity contribution in [1.82, 2.24) is 9.71 Å². The van der Waals surface area contributed by atoms with Gasteiger partial charge >= 0.3 is 5.97 Å². The number of fused-ring (bicyclic) bond motifs is 1. The first-order chi connectivity index (χ1) is 18.7. The number of hydrogen-bond donors (Lipinski definition) is 4. The molecule has 0 radical (unpaired) electrons. The summed E-state index contributed by atoms with van der Waals surface area (Å²) < 4.78 is 58.7. The van der Waals surface area contributed by atoms with Crippen LogP contribution in [0, 0.1) is 5.92 Å². The van der Waals surface area contributed by atoms with E-state index in [4.69, 9.17) is 4.42 Å². The van der Waals surface area contributed by atoms with E-state index in [9.17, 15) is 31.5 Å². The summed E-state index contributed by atoms with van der Waals surface area (Å²) in [7, 11) is -7.59.